The molecule has 0 saturated carbocycles. The molecular formula is C15H17F2N3OS. The van der Waals surface area contributed by atoms with Crippen molar-refractivity contribution in [3.63, 3.8) is 0 Å². The molecule has 0 spiro atoms. The number of aromatic nitrogens is 2. The summed E-state index contributed by atoms with van der Waals surface area (Å²) >= 11 is 1.26. The number of carbonyl (C=O) groups is 1. The Bertz CT molecular complexity index is 642. The number of amides is 1. The Labute approximate surface area is 131 Å². The summed E-state index contributed by atoms with van der Waals surface area (Å²) in [5.74, 6) is -1.46. The fourth-order valence-corrected chi connectivity index (χ4v) is 3.38. The minimum Gasteiger partial charge on any atom is -0.342 e. The highest BCUT2D eigenvalue weighted by atomic mass is 32.2. The molecule has 1 N–H and O–H groups in total. The third kappa shape index (κ3) is 3.40. The van der Waals surface area contributed by atoms with Crippen molar-refractivity contribution < 1.29 is 13.6 Å². The zero-order valence-electron chi connectivity index (χ0n) is 12.1. The Kier molecular flexibility index (Phi) is 4.61. The maximum Gasteiger partial charge on any atom is 0.233 e. The number of likely N-dealkylation sites (tertiary alicyclic amines) is 1. The number of carbonyl (C=O) groups excluding carboxylic acids is 1. The van der Waals surface area contributed by atoms with Crippen LogP contribution in [0.2, 0.25) is 0 Å². The molecule has 0 atom stereocenters. The topological polar surface area (TPSA) is 49.0 Å². The average molecular weight is 325 g/mol. The summed E-state index contributed by atoms with van der Waals surface area (Å²) in [6.07, 6.45) is 4.47. The van der Waals surface area contributed by atoms with E-state index in [2.05, 4.69) is 9.97 Å². The molecule has 7 heteroatoms. The van der Waals surface area contributed by atoms with Crippen LogP contribution in [0.3, 0.4) is 0 Å². The average Bonchev–Trinajstić information content (AvgIpc) is 2.72. The van der Waals surface area contributed by atoms with E-state index < -0.39 is 11.6 Å². The quantitative estimate of drug-likeness (QED) is 0.881. The van der Waals surface area contributed by atoms with Crippen molar-refractivity contribution in [3.05, 3.63) is 23.8 Å². The van der Waals surface area contributed by atoms with Crippen LogP contribution < -0.4 is 0 Å². The van der Waals surface area contributed by atoms with Gasteiger partial charge < -0.3 is 9.88 Å². The molecule has 2 aromatic rings. The van der Waals surface area contributed by atoms with Crippen LogP contribution in [-0.2, 0) is 4.79 Å². The SMILES string of the molecule is O=C(CSc1nc2cc(F)c(F)cc2[nH]1)N1CCCCCC1. The summed E-state index contributed by atoms with van der Waals surface area (Å²) in [5.41, 5.74) is 0.798. The van der Waals surface area contributed by atoms with Crippen LogP contribution in [0.1, 0.15) is 25.7 Å². The first-order valence-electron chi connectivity index (χ1n) is 7.39. The summed E-state index contributed by atoms with van der Waals surface area (Å²) in [6, 6.07) is 2.14. The van der Waals surface area contributed by atoms with Crippen LogP contribution in [0, 0.1) is 11.6 Å². The van der Waals surface area contributed by atoms with Gasteiger partial charge in [-0.15, -0.1) is 0 Å². The van der Waals surface area contributed by atoms with Gasteiger partial charge in [0, 0.05) is 25.2 Å². The van der Waals surface area contributed by atoms with Crippen LogP contribution in [0.15, 0.2) is 17.3 Å². The highest BCUT2D eigenvalue weighted by molar-refractivity contribution is 7.99. The largest absolute Gasteiger partial charge is 0.342 e. The molecule has 1 amide bonds. The molecule has 0 aliphatic carbocycles. The number of hydrogen-bond acceptors (Lipinski definition) is 3. The van der Waals surface area contributed by atoms with Crippen molar-refractivity contribution in [1.29, 1.82) is 0 Å². The third-order valence-electron chi connectivity index (χ3n) is 3.79. The molecule has 1 aliphatic heterocycles. The van der Waals surface area contributed by atoms with Crippen LogP contribution in [0.4, 0.5) is 8.78 Å². The molecule has 0 unspecified atom stereocenters. The van der Waals surface area contributed by atoms with E-state index >= 15 is 0 Å². The zero-order chi connectivity index (χ0) is 15.5. The molecule has 1 aromatic heterocycles. The Morgan fingerprint density at radius 1 is 1.18 bits per heavy atom. The molecular weight excluding hydrogens is 308 g/mol. The lowest BCUT2D eigenvalue weighted by Gasteiger charge is -2.19. The van der Waals surface area contributed by atoms with Gasteiger partial charge in [0.1, 0.15) is 0 Å². The molecule has 2 heterocycles. The van der Waals surface area contributed by atoms with Gasteiger partial charge in [-0.1, -0.05) is 24.6 Å². The van der Waals surface area contributed by atoms with Gasteiger partial charge in [-0.2, -0.15) is 0 Å². The van der Waals surface area contributed by atoms with Crippen molar-refractivity contribution in [3.8, 4) is 0 Å². The number of hydrogen-bond donors (Lipinski definition) is 1. The zero-order valence-corrected chi connectivity index (χ0v) is 12.9. The van der Waals surface area contributed by atoms with Crippen molar-refractivity contribution in [2.45, 2.75) is 30.8 Å². The summed E-state index contributed by atoms with van der Waals surface area (Å²) in [5, 5.41) is 0.503. The van der Waals surface area contributed by atoms with Crippen LogP contribution in [0.25, 0.3) is 11.0 Å². The number of rotatable bonds is 3. The fraction of sp³-hybridized carbons (Fsp3) is 0.467. The van der Waals surface area contributed by atoms with Crippen LogP contribution in [-0.4, -0.2) is 39.6 Å². The van der Waals surface area contributed by atoms with Gasteiger partial charge in [-0.3, -0.25) is 4.79 Å². The van der Waals surface area contributed by atoms with E-state index in [0.717, 1.165) is 38.1 Å². The number of thioether (sulfide) groups is 1. The Morgan fingerprint density at radius 3 is 2.59 bits per heavy atom. The van der Waals surface area contributed by atoms with Gasteiger partial charge in [0.25, 0.3) is 0 Å². The third-order valence-corrected chi connectivity index (χ3v) is 4.65. The first kappa shape index (κ1) is 15.3. The normalized spacial score (nSPS) is 16.0. The first-order chi connectivity index (χ1) is 10.6. The van der Waals surface area contributed by atoms with Crippen LogP contribution in [0.5, 0.6) is 0 Å². The highest BCUT2D eigenvalue weighted by Crippen LogP contribution is 2.22. The maximum atomic E-state index is 13.2. The lowest BCUT2D eigenvalue weighted by atomic mass is 10.2. The second-order valence-electron chi connectivity index (χ2n) is 5.41. The molecule has 4 nitrogen and oxygen atoms in total. The summed E-state index contributed by atoms with van der Waals surface area (Å²) in [7, 11) is 0. The van der Waals surface area contributed by atoms with E-state index in [-0.39, 0.29) is 11.7 Å². The number of nitrogens with zero attached hydrogens (tertiary/aromatic N) is 2. The summed E-state index contributed by atoms with van der Waals surface area (Å²) < 4.78 is 26.3. The van der Waals surface area contributed by atoms with Crippen molar-refractivity contribution in [2.24, 2.45) is 0 Å². The summed E-state index contributed by atoms with van der Waals surface area (Å²) in [6.45, 7) is 1.63. The molecule has 0 bridgehead atoms. The fourth-order valence-electron chi connectivity index (χ4n) is 2.59. The number of halogens is 2. The lowest BCUT2D eigenvalue weighted by molar-refractivity contribution is -0.128. The molecule has 1 aliphatic rings. The molecule has 1 saturated heterocycles. The standard InChI is InChI=1S/C15H17F2N3OS/c16-10-7-12-13(8-11(10)17)19-15(18-12)22-9-14(21)20-5-3-1-2-4-6-20/h7-8H,1-6,9H2,(H,18,19). The van der Waals surface area contributed by atoms with E-state index in [1.165, 1.54) is 24.6 Å². The Hall–Kier alpha value is -1.63. The highest BCUT2D eigenvalue weighted by Gasteiger charge is 2.16. The van der Waals surface area contributed by atoms with Gasteiger partial charge >= 0.3 is 0 Å². The molecule has 1 aromatic carbocycles. The molecule has 0 radical (unpaired) electrons. The molecule has 1 fully saturated rings. The first-order valence-corrected chi connectivity index (χ1v) is 8.37. The number of fused-ring (bicyclic) bond motifs is 1. The van der Waals surface area contributed by atoms with Gasteiger partial charge in [-0.05, 0) is 12.8 Å². The number of H-pyrrole nitrogens is 1. The van der Waals surface area contributed by atoms with E-state index in [1.807, 2.05) is 4.90 Å². The van der Waals surface area contributed by atoms with Crippen molar-refractivity contribution in [1.82, 2.24) is 14.9 Å². The Balaban J connectivity index is 1.64. The van der Waals surface area contributed by atoms with E-state index in [1.54, 1.807) is 0 Å². The van der Waals surface area contributed by atoms with Crippen molar-refractivity contribution in [2.75, 3.05) is 18.8 Å². The lowest BCUT2D eigenvalue weighted by Crippen LogP contribution is -2.33. The van der Waals surface area contributed by atoms with Gasteiger partial charge in [0.2, 0.25) is 5.91 Å². The predicted octanol–water partition coefficient (Wildman–Crippen LogP) is 3.34. The van der Waals surface area contributed by atoms with Gasteiger partial charge in [-0.25, -0.2) is 13.8 Å². The van der Waals surface area contributed by atoms with Crippen LogP contribution >= 0.6 is 11.8 Å². The number of nitrogens with one attached hydrogen (secondary N) is 1. The van der Waals surface area contributed by atoms with E-state index in [4.69, 9.17) is 0 Å². The minimum absolute atomic E-state index is 0.0877. The number of aromatic amines is 1. The Morgan fingerprint density at radius 2 is 1.86 bits per heavy atom. The maximum absolute atomic E-state index is 13.2. The second kappa shape index (κ2) is 6.64. The van der Waals surface area contributed by atoms with E-state index in [0.29, 0.717) is 16.2 Å². The smallest absolute Gasteiger partial charge is 0.233 e. The van der Waals surface area contributed by atoms with Gasteiger partial charge in [0.15, 0.2) is 16.8 Å². The van der Waals surface area contributed by atoms with E-state index in [9.17, 15) is 13.6 Å². The number of benzene rings is 1. The van der Waals surface area contributed by atoms with Gasteiger partial charge in [0.05, 0.1) is 16.8 Å². The monoisotopic (exact) mass is 325 g/mol. The second-order valence-corrected chi connectivity index (χ2v) is 6.37. The molecule has 118 valence electrons. The summed E-state index contributed by atoms with van der Waals surface area (Å²) in [4.78, 5) is 21.2. The number of imidazole rings is 1. The molecule has 22 heavy (non-hydrogen) atoms. The predicted molar refractivity (Wildman–Crippen MR) is 81.8 cm³/mol. The minimum atomic E-state index is -0.920. The van der Waals surface area contributed by atoms with Crippen molar-refractivity contribution >= 4 is 28.7 Å². The molecule has 3 rings (SSSR count).